The molecule has 2 rings (SSSR count). The zero-order valence-electron chi connectivity index (χ0n) is 14.7. The second-order valence-electron chi connectivity index (χ2n) is 5.46. The Balaban J connectivity index is 2.28. The zero-order valence-corrected chi connectivity index (χ0v) is 15.5. The molecule has 0 aliphatic carbocycles. The molecule has 0 radical (unpaired) electrons. The van der Waals surface area contributed by atoms with Gasteiger partial charge >= 0.3 is 0 Å². The number of hydrogen-bond acceptors (Lipinski definition) is 6. The van der Waals surface area contributed by atoms with E-state index in [1.807, 2.05) is 6.07 Å². The standard InChI is InChI=1S/C19H16ClN3O5/c1-27-16-8-11(7-15(20)18(16)28-10-17(22)25)6-12(9-21)19(26)23-13-2-4-14(24)5-3-13/h2-8,24H,10H2,1H3,(H2,22,25)(H,23,26)/b12-6+. The van der Waals surface area contributed by atoms with Gasteiger partial charge < -0.3 is 25.6 Å². The molecule has 2 aromatic carbocycles. The predicted molar refractivity (Wildman–Crippen MR) is 103 cm³/mol. The van der Waals surface area contributed by atoms with Crippen molar-refractivity contribution in [1.82, 2.24) is 0 Å². The van der Waals surface area contributed by atoms with Gasteiger partial charge in [0.1, 0.15) is 17.4 Å². The number of carbonyl (C=O) groups is 2. The number of aromatic hydroxyl groups is 1. The third-order valence-corrected chi connectivity index (χ3v) is 3.69. The van der Waals surface area contributed by atoms with Gasteiger partial charge in [0.25, 0.3) is 11.8 Å². The van der Waals surface area contributed by atoms with Gasteiger partial charge in [-0.25, -0.2) is 0 Å². The van der Waals surface area contributed by atoms with E-state index in [2.05, 4.69) is 5.32 Å². The largest absolute Gasteiger partial charge is 0.508 e. The highest BCUT2D eigenvalue weighted by atomic mass is 35.5. The number of halogens is 1. The van der Waals surface area contributed by atoms with Gasteiger partial charge in [0.15, 0.2) is 18.1 Å². The normalized spacial score (nSPS) is 10.7. The molecule has 0 atom stereocenters. The minimum absolute atomic E-state index is 0.0504. The van der Waals surface area contributed by atoms with Crippen molar-refractivity contribution < 1.29 is 24.2 Å². The van der Waals surface area contributed by atoms with Crippen LogP contribution in [-0.4, -0.2) is 30.6 Å². The highest BCUT2D eigenvalue weighted by Gasteiger charge is 2.15. The van der Waals surface area contributed by atoms with Crippen LogP contribution in [0, 0.1) is 11.3 Å². The summed E-state index contributed by atoms with van der Waals surface area (Å²) in [5.41, 5.74) is 5.69. The molecule has 0 fully saturated rings. The molecule has 2 aromatic rings. The molecule has 0 aliphatic heterocycles. The average Bonchev–Trinajstić information content (AvgIpc) is 2.66. The van der Waals surface area contributed by atoms with E-state index in [9.17, 15) is 20.0 Å². The first-order valence-electron chi connectivity index (χ1n) is 7.85. The van der Waals surface area contributed by atoms with E-state index in [0.717, 1.165) is 0 Å². The average molecular weight is 402 g/mol. The summed E-state index contributed by atoms with van der Waals surface area (Å²) in [5.74, 6) is -0.949. The van der Waals surface area contributed by atoms with Gasteiger partial charge in [-0.3, -0.25) is 9.59 Å². The van der Waals surface area contributed by atoms with E-state index in [0.29, 0.717) is 11.3 Å². The van der Waals surface area contributed by atoms with E-state index in [-0.39, 0.29) is 34.5 Å². The van der Waals surface area contributed by atoms with E-state index in [1.54, 1.807) is 0 Å². The first kappa shape index (κ1) is 20.6. The number of amides is 2. The Morgan fingerprint density at radius 2 is 2.00 bits per heavy atom. The molecule has 0 saturated carbocycles. The molecular formula is C19H16ClN3O5. The Bertz CT molecular complexity index is 965. The molecule has 0 heterocycles. The number of nitrogens with zero attached hydrogens (tertiary/aromatic N) is 1. The van der Waals surface area contributed by atoms with Crippen LogP contribution in [0.2, 0.25) is 5.02 Å². The van der Waals surface area contributed by atoms with Crippen LogP contribution in [0.1, 0.15) is 5.56 Å². The fourth-order valence-corrected chi connectivity index (χ4v) is 2.44. The monoisotopic (exact) mass is 401 g/mol. The quantitative estimate of drug-likeness (QED) is 0.370. The topological polar surface area (TPSA) is 135 Å². The number of nitriles is 1. The molecule has 0 aliphatic rings. The molecule has 0 unspecified atom stereocenters. The van der Waals surface area contributed by atoms with Gasteiger partial charge in [-0.1, -0.05) is 11.6 Å². The molecule has 9 heteroatoms. The second kappa shape index (κ2) is 9.30. The summed E-state index contributed by atoms with van der Waals surface area (Å²) in [6.07, 6.45) is 1.32. The summed E-state index contributed by atoms with van der Waals surface area (Å²) in [5, 5.41) is 21.2. The maximum Gasteiger partial charge on any atom is 0.266 e. The van der Waals surface area contributed by atoms with Crippen LogP contribution in [0.4, 0.5) is 5.69 Å². The van der Waals surface area contributed by atoms with E-state index in [4.69, 9.17) is 26.8 Å². The number of phenolic OH excluding ortho intramolecular Hbond substituents is 1. The van der Waals surface area contributed by atoms with Crippen molar-refractivity contribution in [3.05, 3.63) is 52.6 Å². The molecule has 2 amide bonds. The maximum atomic E-state index is 12.3. The van der Waals surface area contributed by atoms with Crippen molar-refractivity contribution in [2.75, 3.05) is 19.0 Å². The number of nitrogens with two attached hydrogens (primary N) is 1. The smallest absolute Gasteiger partial charge is 0.266 e. The van der Waals surface area contributed by atoms with Crippen LogP contribution < -0.4 is 20.5 Å². The summed E-state index contributed by atoms with van der Waals surface area (Å²) >= 11 is 6.15. The summed E-state index contributed by atoms with van der Waals surface area (Å²) in [6.45, 7) is -0.385. The summed E-state index contributed by atoms with van der Waals surface area (Å²) in [7, 11) is 1.37. The van der Waals surface area contributed by atoms with Gasteiger partial charge in [0.05, 0.1) is 12.1 Å². The minimum atomic E-state index is -0.681. The van der Waals surface area contributed by atoms with Crippen LogP contribution >= 0.6 is 11.6 Å². The SMILES string of the molecule is COc1cc(/C=C(\C#N)C(=O)Nc2ccc(O)cc2)cc(Cl)c1OCC(N)=O. The number of hydrogen-bond donors (Lipinski definition) is 3. The summed E-state index contributed by atoms with van der Waals surface area (Å²) < 4.78 is 10.4. The number of methoxy groups -OCH3 is 1. The van der Waals surface area contributed by atoms with E-state index in [1.165, 1.54) is 49.6 Å². The lowest BCUT2D eigenvalue weighted by atomic mass is 10.1. The van der Waals surface area contributed by atoms with E-state index < -0.39 is 11.8 Å². The number of nitrogens with one attached hydrogen (secondary N) is 1. The van der Waals surface area contributed by atoms with Crippen molar-refractivity contribution in [3.8, 4) is 23.3 Å². The lowest BCUT2D eigenvalue weighted by Crippen LogP contribution is -2.20. The molecule has 0 bridgehead atoms. The Labute approximate surface area is 165 Å². The Morgan fingerprint density at radius 1 is 1.32 bits per heavy atom. The Kier molecular flexibility index (Phi) is 6.84. The minimum Gasteiger partial charge on any atom is -0.508 e. The number of primary amides is 1. The number of rotatable bonds is 7. The Hall–Kier alpha value is -3.70. The maximum absolute atomic E-state index is 12.3. The molecular weight excluding hydrogens is 386 g/mol. The van der Waals surface area contributed by atoms with Crippen molar-refractivity contribution in [2.45, 2.75) is 0 Å². The summed E-state index contributed by atoms with van der Waals surface area (Å²) in [4.78, 5) is 23.2. The van der Waals surface area contributed by atoms with Crippen LogP contribution in [0.15, 0.2) is 42.0 Å². The highest BCUT2D eigenvalue weighted by molar-refractivity contribution is 6.32. The van der Waals surface area contributed by atoms with Crippen LogP contribution in [0.5, 0.6) is 17.2 Å². The molecule has 8 nitrogen and oxygen atoms in total. The predicted octanol–water partition coefficient (Wildman–Crippen LogP) is 2.46. The molecule has 0 spiro atoms. The molecule has 28 heavy (non-hydrogen) atoms. The van der Waals surface area contributed by atoms with Crippen LogP contribution in [0.25, 0.3) is 6.08 Å². The molecule has 4 N–H and O–H groups in total. The van der Waals surface area contributed by atoms with Crippen molar-refractivity contribution in [2.24, 2.45) is 5.73 Å². The molecule has 0 aromatic heterocycles. The number of benzene rings is 2. The summed E-state index contributed by atoms with van der Waals surface area (Å²) in [6, 6.07) is 10.6. The first-order chi connectivity index (χ1) is 13.3. The van der Waals surface area contributed by atoms with Crippen molar-refractivity contribution >= 4 is 35.2 Å². The third kappa shape index (κ3) is 5.40. The number of ether oxygens (including phenoxy) is 2. The van der Waals surface area contributed by atoms with Crippen molar-refractivity contribution in [3.63, 3.8) is 0 Å². The second-order valence-corrected chi connectivity index (χ2v) is 5.87. The molecule has 0 saturated heterocycles. The first-order valence-corrected chi connectivity index (χ1v) is 8.22. The lowest BCUT2D eigenvalue weighted by Gasteiger charge is -2.12. The zero-order chi connectivity index (χ0) is 20.7. The van der Waals surface area contributed by atoms with Gasteiger partial charge in [-0.2, -0.15) is 5.26 Å². The fourth-order valence-electron chi connectivity index (χ4n) is 2.16. The van der Waals surface area contributed by atoms with Crippen LogP contribution in [0.3, 0.4) is 0 Å². The van der Waals surface area contributed by atoms with Crippen molar-refractivity contribution in [1.29, 1.82) is 5.26 Å². The van der Waals surface area contributed by atoms with Crippen LogP contribution in [-0.2, 0) is 9.59 Å². The fraction of sp³-hybridized carbons (Fsp3) is 0.105. The number of carbonyl (C=O) groups excluding carboxylic acids is 2. The van der Waals surface area contributed by atoms with Gasteiger partial charge in [-0.05, 0) is 48.0 Å². The lowest BCUT2D eigenvalue weighted by molar-refractivity contribution is -0.120. The number of anilines is 1. The third-order valence-electron chi connectivity index (χ3n) is 3.41. The van der Waals surface area contributed by atoms with Gasteiger partial charge in [-0.15, -0.1) is 0 Å². The van der Waals surface area contributed by atoms with E-state index >= 15 is 0 Å². The number of phenols is 1. The Morgan fingerprint density at radius 3 is 2.57 bits per heavy atom. The molecule has 144 valence electrons. The van der Waals surface area contributed by atoms with Gasteiger partial charge in [0, 0.05) is 5.69 Å². The highest BCUT2D eigenvalue weighted by Crippen LogP contribution is 2.37. The van der Waals surface area contributed by atoms with Gasteiger partial charge in [0.2, 0.25) is 0 Å².